The highest BCUT2D eigenvalue weighted by Gasteiger charge is 2.50. The average molecular weight is 186 g/mol. The Morgan fingerprint density at radius 1 is 1.83 bits per heavy atom. The summed E-state index contributed by atoms with van der Waals surface area (Å²) in [5.74, 6) is 1.97. The molecule has 2 aliphatic rings. The average Bonchev–Trinajstić information content (AvgIpc) is 2.41. The largest absolute Gasteiger partial charge is 0.423 e. The minimum absolute atomic E-state index is 0.455. The lowest BCUT2D eigenvalue weighted by molar-refractivity contribution is 0.153. The zero-order chi connectivity index (χ0) is 8.82. The molecule has 0 aromatic carbocycles. The van der Waals surface area contributed by atoms with Crippen molar-refractivity contribution in [3.63, 3.8) is 0 Å². The molecule has 0 amide bonds. The van der Waals surface area contributed by atoms with Crippen LogP contribution < -0.4 is 0 Å². The van der Waals surface area contributed by atoms with Gasteiger partial charge in [-0.1, -0.05) is 6.58 Å². The Hall–Kier alpha value is -0.530. The van der Waals surface area contributed by atoms with Crippen molar-refractivity contribution in [2.24, 2.45) is 0 Å². The van der Waals surface area contributed by atoms with Gasteiger partial charge in [-0.3, -0.25) is 4.52 Å². The molecule has 1 aliphatic carbocycles. The fourth-order valence-corrected chi connectivity index (χ4v) is 3.02. The SMILES string of the molecule is C=CP1(=O)OC2=CCCC2(C)O1. The Labute approximate surface area is 71.6 Å². The van der Waals surface area contributed by atoms with Crippen molar-refractivity contribution in [2.45, 2.75) is 25.4 Å². The fourth-order valence-electron chi connectivity index (χ4n) is 1.55. The van der Waals surface area contributed by atoms with Crippen molar-refractivity contribution in [3.05, 3.63) is 24.2 Å². The lowest BCUT2D eigenvalue weighted by atomic mass is 10.1. The summed E-state index contributed by atoms with van der Waals surface area (Å²) in [6.45, 7) is 5.33. The Balaban J connectivity index is 2.37. The van der Waals surface area contributed by atoms with E-state index >= 15 is 0 Å². The van der Waals surface area contributed by atoms with Gasteiger partial charge in [0, 0.05) is 5.82 Å². The van der Waals surface area contributed by atoms with E-state index in [1.54, 1.807) is 0 Å². The monoisotopic (exact) mass is 186 g/mol. The summed E-state index contributed by atoms with van der Waals surface area (Å²) in [4.78, 5) is 0. The Kier molecular flexibility index (Phi) is 1.51. The minimum atomic E-state index is -3.00. The molecular formula is C8H11O3P. The molecule has 1 aliphatic heterocycles. The van der Waals surface area contributed by atoms with E-state index in [0.29, 0.717) is 5.76 Å². The van der Waals surface area contributed by atoms with Crippen molar-refractivity contribution in [3.8, 4) is 0 Å². The zero-order valence-electron chi connectivity index (χ0n) is 6.95. The highest BCUT2D eigenvalue weighted by Crippen LogP contribution is 2.65. The number of hydrogen-bond acceptors (Lipinski definition) is 3. The van der Waals surface area contributed by atoms with Crippen LogP contribution in [-0.4, -0.2) is 5.60 Å². The van der Waals surface area contributed by atoms with Gasteiger partial charge in [0.1, 0.15) is 11.4 Å². The van der Waals surface area contributed by atoms with Gasteiger partial charge in [-0.2, -0.15) is 0 Å². The maximum absolute atomic E-state index is 11.6. The van der Waals surface area contributed by atoms with Crippen molar-refractivity contribution >= 4 is 7.60 Å². The molecule has 0 saturated carbocycles. The van der Waals surface area contributed by atoms with Gasteiger partial charge in [-0.15, -0.1) is 0 Å². The van der Waals surface area contributed by atoms with Crippen LogP contribution in [0.4, 0.5) is 0 Å². The van der Waals surface area contributed by atoms with Gasteiger partial charge in [0.25, 0.3) is 0 Å². The van der Waals surface area contributed by atoms with Crippen LogP contribution in [-0.2, 0) is 13.6 Å². The summed E-state index contributed by atoms with van der Waals surface area (Å²) >= 11 is 0. The van der Waals surface area contributed by atoms with E-state index in [-0.39, 0.29) is 0 Å². The van der Waals surface area contributed by atoms with Gasteiger partial charge in [-0.05, 0) is 25.8 Å². The molecule has 2 rings (SSSR count). The van der Waals surface area contributed by atoms with Crippen LogP contribution in [0.2, 0.25) is 0 Å². The summed E-state index contributed by atoms with van der Waals surface area (Å²) in [7, 11) is -3.00. The Morgan fingerprint density at radius 3 is 3.17 bits per heavy atom. The van der Waals surface area contributed by atoms with Crippen molar-refractivity contribution in [1.29, 1.82) is 0 Å². The third kappa shape index (κ3) is 0.970. The predicted molar refractivity (Wildman–Crippen MR) is 45.7 cm³/mol. The standard InChI is InChI=1S/C8H11O3P/c1-3-12(9)10-7-5-4-6-8(7,2)11-12/h3,5H,1,4,6H2,2H3. The molecular weight excluding hydrogens is 175 g/mol. The van der Waals surface area contributed by atoms with E-state index < -0.39 is 13.2 Å². The molecule has 0 bridgehead atoms. The van der Waals surface area contributed by atoms with E-state index in [2.05, 4.69) is 6.58 Å². The minimum Gasteiger partial charge on any atom is -0.423 e. The Morgan fingerprint density at radius 2 is 2.58 bits per heavy atom. The highest BCUT2D eigenvalue weighted by molar-refractivity contribution is 7.57. The second-order valence-electron chi connectivity index (χ2n) is 3.24. The lowest BCUT2D eigenvalue weighted by Crippen LogP contribution is -2.20. The highest BCUT2D eigenvalue weighted by atomic mass is 31.2. The molecule has 0 aromatic rings. The van der Waals surface area contributed by atoms with Gasteiger partial charge in [-0.25, -0.2) is 4.57 Å². The van der Waals surface area contributed by atoms with E-state index in [0.717, 1.165) is 12.8 Å². The Bertz CT molecular complexity index is 307. The van der Waals surface area contributed by atoms with Crippen LogP contribution in [0.1, 0.15) is 19.8 Å². The second-order valence-corrected chi connectivity index (χ2v) is 5.05. The molecule has 4 heteroatoms. The summed E-state index contributed by atoms with van der Waals surface area (Å²) in [5.41, 5.74) is -0.455. The smallest absolute Gasteiger partial charge is 0.403 e. The van der Waals surface area contributed by atoms with E-state index in [1.165, 1.54) is 5.82 Å². The van der Waals surface area contributed by atoms with Gasteiger partial charge in [0.2, 0.25) is 0 Å². The van der Waals surface area contributed by atoms with Crippen LogP contribution in [0.25, 0.3) is 0 Å². The first-order valence-electron chi connectivity index (χ1n) is 3.92. The number of allylic oxidation sites excluding steroid dienone is 1. The van der Waals surface area contributed by atoms with Crippen LogP contribution in [0, 0.1) is 0 Å². The normalized spacial score (nSPS) is 44.9. The molecule has 0 N–H and O–H groups in total. The fraction of sp³-hybridized carbons (Fsp3) is 0.500. The van der Waals surface area contributed by atoms with Crippen molar-refractivity contribution in [2.75, 3.05) is 0 Å². The first kappa shape index (κ1) is 8.09. The lowest BCUT2D eigenvalue weighted by Gasteiger charge is -2.15. The van der Waals surface area contributed by atoms with Gasteiger partial charge in [0.05, 0.1) is 0 Å². The molecule has 12 heavy (non-hydrogen) atoms. The van der Waals surface area contributed by atoms with E-state index in [9.17, 15) is 4.57 Å². The molecule has 0 spiro atoms. The van der Waals surface area contributed by atoms with E-state index in [1.807, 2.05) is 13.0 Å². The first-order chi connectivity index (χ1) is 5.58. The number of fused-ring (bicyclic) bond motifs is 1. The quantitative estimate of drug-likeness (QED) is 0.590. The molecule has 2 unspecified atom stereocenters. The van der Waals surface area contributed by atoms with Gasteiger partial charge in [0.15, 0.2) is 0 Å². The first-order valence-corrected chi connectivity index (χ1v) is 5.53. The topological polar surface area (TPSA) is 35.5 Å². The maximum atomic E-state index is 11.6. The maximum Gasteiger partial charge on any atom is 0.403 e. The number of hydrogen-bond donors (Lipinski definition) is 0. The molecule has 1 heterocycles. The summed E-state index contributed by atoms with van der Waals surface area (Å²) in [6.07, 6.45) is 3.71. The van der Waals surface area contributed by atoms with Gasteiger partial charge >= 0.3 is 7.60 Å². The van der Waals surface area contributed by atoms with Crippen LogP contribution in [0.15, 0.2) is 24.2 Å². The third-order valence-corrected chi connectivity index (χ3v) is 3.81. The zero-order valence-corrected chi connectivity index (χ0v) is 7.84. The molecule has 1 saturated heterocycles. The van der Waals surface area contributed by atoms with Crippen LogP contribution in [0.3, 0.4) is 0 Å². The van der Waals surface area contributed by atoms with E-state index in [4.69, 9.17) is 9.05 Å². The van der Waals surface area contributed by atoms with Gasteiger partial charge < -0.3 is 4.52 Å². The van der Waals surface area contributed by atoms with Crippen LogP contribution in [0.5, 0.6) is 0 Å². The van der Waals surface area contributed by atoms with Crippen molar-refractivity contribution in [1.82, 2.24) is 0 Å². The molecule has 1 fully saturated rings. The molecule has 0 radical (unpaired) electrons. The summed E-state index contributed by atoms with van der Waals surface area (Å²) in [6, 6.07) is 0. The molecule has 0 aromatic heterocycles. The van der Waals surface area contributed by atoms with Crippen molar-refractivity contribution < 1.29 is 13.6 Å². The predicted octanol–water partition coefficient (Wildman–Crippen LogP) is 2.81. The summed E-state index contributed by atoms with van der Waals surface area (Å²) < 4.78 is 22.2. The third-order valence-electron chi connectivity index (χ3n) is 2.25. The number of rotatable bonds is 1. The second kappa shape index (κ2) is 2.24. The molecule has 2 atom stereocenters. The van der Waals surface area contributed by atoms with Crippen LogP contribution >= 0.6 is 7.60 Å². The summed E-state index contributed by atoms with van der Waals surface area (Å²) in [5, 5.41) is 0. The molecule has 3 nitrogen and oxygen atoms in total. The molecule has 66 valence electrons.